The molecule has 1 aromatic rings. The highest BCUT2D eigenvalue weighted by atomic mass is 16.4. The van der Waals surface area contributed by atoms with Gasteiger partial charge in [-0.15, -0.1) is 0 Å². The van der Waals surface area contributed by atoms with Crippen LogP contribution in [0.5, 0.6) is 0 Å². The molecule has 0 aromatic heterocycles. The number of benzene rings is 1. The SMILES string of the molecule is CC(C)=C(C=CC(=O)O)C=Cc1ccccc1. The highest BCUT2D eigenvalue weighted by Gasteiger charge is 1.92. The molecule has 0 aliphatic heterocycles. The molecule has 0 amide bonds. The maximum Gasteiger partial charge on any atom is 0.328 e. The van der Waals surface area contributed by atoms with Crippen LogP contribution in [0, 0.1) is 0 Å². The summed E-state index contributed by atoms with van der Waals surface area (Å²) in [4.78, 5) is 10.5. The number of hydrogen-bond acceptors (Lipinski definition) is 1. The molecule has 0 bridgehead atoms. The summed E-state index contributed by atoms with van der Waals surface area (Å²) in [5, 5.41) is 8.60. The highest BCUT2D eigenvalue weighted by Crippen LogP contribution is 2.10. The summed E-state index contributed by atoms with van der Waals surface area (Å²) in [5.41, 5.74) is 3.08. The van der Waals surface area contributed by atoms with E-state index in [4.69, 9.17) is 5.11 Å². The fourth-order valence-corrected chi connectivity index (χ4v) is 1.30. The van der Waals surface area contributed by atoms with E-state index in [0.717, 1.165) is 22.8 Å². The van der Waals surface area contributed by atoms with Gasteiger partial charge in [0.1, 0.15) is 0 Å². The topological polar surface area (TPSA) is 37.3 Å². The van der Waals surface area contributed by atoms with E-state index in [1.54, 1.807) is 6.08 Å². The number of carboxylic acid groups (broad SMARTS) is 1. The van der Waals surface area contributed by atoms with Crippen LogP contribution in [0.4, 0.5) is 0 Å². The van der Waals surface area contributed by atoms with Gasteiger partial charge in [0.25, 0.3) is 0 Å². The van der Waals surface area contributed by atoms with Gasteiger partial charge in [-0.05, 0) is 31.1 Å². The molecule has 0 heterocycles. The van der Waals surface area contributed by atoms with Crippen molar-refractivity contribution in [1.29, 1.82) is 0 Å². The maximum atomic E-state index is 10.5. The summed E-state index contributed by atoms with van der Waals surface area (Å²) in [5.74, 6) is -0.933. The van der Waals surface area contributed by atoms with Crippen LogP contribution in [0.25, 0.3) is 6.08 Å². The summed E-state index contributed by atoms with van der Waals surface area (Å²) >= 11 is 0. The molecule has 0 aliphatic carbocycles. The molecule has 0 radical (unpaired) electrons. The fourth-order valence-electron chi connectivity index (χ4n) is 1.30. The molecule has 17 heavy (non-hydrogen) atoms. The zero-order valence-electron chi connectivity index (χ0n) is 10.1. The average molecular weight is 228 g/mol. The Hall–Kier alpha value is -2.09. The van der Waals surface area contributed by atoms with Crippen molar-refractivity contribution in [2.75, 3.05) is 0 Å². The van der Waals surface area contributed by atoms with E-state index in [2.05, 4.69) is 0 Å². The summed E-state index contributed by atoms with van der Waals surface area (Å²) in [6.45, 7) is 3.91. The molecule has 2 nitrogen and oxygen atoms in total. The van der Waals surface area contributed by atoms with Crippen molar-refractivity contribution in [2.24, 2.45) is 0 Å². The van der Waals surface area contributed by atoms with Gasteiger partial charge < -0.3 is 5.11 Å². The minimum absolute atomic E-state index is 0.913. The molecule has 1 aromatic carbocycles. The van der Waals surface area contributed by atoms with Crippen LogP contribution in [0.1, 0.15) is 19.4 Å². The number of rotatable bonds is 4. The first-order valence-electron chi connectivity index (χ1n) is 5.41. The molecule has 0 fully saturated rings. The number of hydrogen-bond donors (Lipinski definition) is 1. The number of carbonyl (C=O) groups is 1. The van der Waals surface area contributed by atoms with Crippen LogP contribution in [0.15, 0.2) is 59.7 Å². The van der Waals surface area contributed by atoms with Gasteiger partial charge in [0.15, 0.2) is 0 Å². The van der Waals surface area contributed by atoms with Crippen LogP contribution in [-0.4, -0.2) is 11.1 Å². The Balaban J connectivity index is 2.86. The largest absolute Gasteiger partial charge is 0.478 e. The second kappa shape index (κ2) is 6.48. The monoisotopic (exact) mass is 228 g/mol. The zero-order valence-corrected chi connectivity index (χ0v) is 10.1. The third-order valence-electron chi connectivity index (χ3n) is 2.24. The zero-order chi connectivity index (χ0) is 12.7. The molecular formula is C15H16O2. The van der Waals surface area contributed by atoms with Crippen molar-refractivity contribution in [3.8, 4) is 0 Å². The van der Waals surface area contributed by atoms with Crippen LogP contribution in [0.3, 0.4) is 0 Å². The quantitative estimate of drug-likeness (QED) is 0.630. The van der Waals surface area contributed by atoms with Crippen LogP contribution in [0.2, 0.25) is 0 Å². The number of aliphatic carboxylic acids is 1. The van der Waals surface area contributed by atoms with Gasteiger partial charge in [-0.2, -0.15) is 0 Å². The van der Waals surface area contributed by atoms with Crippen molar-refractivity contribution in [1.82, 2.24) is 0 Å². The minimum Gasteiger partial charge on any atom is -0.478 e. The highest BCUT2D eigenvalue weighted by molar-refractivity contribution is 5.80. The molecule has 0 unspecified atom stereocenters. The molecule has 1 N–H and O–H groups in total. The summed E-state index contributed by atoms with van der Waals surface area (Å²) in [6, 6.07) is 9.90. The van der Waals surface area contributed by atoms with Crippen molar-refractivity contribution in [2.45, 2.75) is 13.8 Å². The normalized spacial score (nSPS) is 10.9. The Morgan fingerprint density at radius 2 is 1.71 bits per heavy atom. The Morgan fingerprint density at radius 1 is 1.06 bits per heavy atom. The molecule has 0 atom stereocenters. The third kappa shape index (κ3) is 4.98. The van der Waals surface area contributed by atoms with Gasteiger partial charge in [-0.1, -0.05) is 48.1 Å². The first-order chi connectivity index (χ1) is 8.09. The van der Waals surface area contributed by atoms with Crippen molar-refractivity contribution < 1.29 is 9.90 Å². The first kappa shape index (κ1) is 13.0. The smallest absolute Gasteiger partial charge is 0.328 e. The van der Waals surface area contributed by atoms with Crippen molar-refractivity contribution in [3.63, 3.8) is 0 Å². The Labute approximate surface area is 102 Å². The fraction of sp³-hybridized carbons (Fsp3) is 0.133. The molecule has 1 rings (SSSR count). The van der Waals surface area contributed by atoms with Gasteiger partial charge in [0.05, 0.1) is 0 Å². The lowest BCUT2D eigenvalue weighted by Crippen LogP contribution is -1.87. The Morgan fingerprint density at radius 3 is 2.24 bits per heavy atom. The Kier molecular flexibility index (Phi) is 4.95. The lowest BCUT2D eigenvalue weighted by atomic mass is 10.1. The van der Waals surface area contributed by atoms with Gasteiger partial charge in [-0.3, -0.25) is 0 Å². The summed E-state index contributed by atoms with van der Waals surface area (Å²) in [6.07, 6.45) is 6.65. The molecular weight excluding hydrogens is 212 g/mol. The molecule has 0 aliphatic rings. The van der Waals surface area contributed by atoms with E-state index in [1.807, 2.05) is 56.3 Å². The van der Waals surface area contributed by atoms with E-state index in [-0.39, 0.29) is 0 Å². The standard InChI is InChI=1S/C15H16O2/c1-12(2)14(10-11-15(16)17)9-8-13-6-4-3-5-7-13/h3-11H,1-2H3,(H,16,17). The van der Waals surface area contributed by atoms with Crippen molar-refractivity contribution in [3.05, 3.63) is 65.3 Å². The van der Waals surface area contributed by atoms with E-state index in [1.165, 1.54) is 0 Å². The second-order valence-corrected chi connectivity index (χ2v) is 3.87. The van der Waals surface area contributed by atoms with Gasteiger partial charge in [0.2, 0.25) is 0 Å². The third-order valence-corrected chi connectivity index (χ3v) is 2.24. The van der Waals surface area contributed by atoms with Gasteiger partial charge in [-0.25, -0.2) is 4.79 Å². The molecule has 88 valence electrons. The van der Waals surface area contributed by atoms with Crippen molar-refractivity contribution >= 4 is 12.0 Å². The van der Waals surface area contributed by atoms with E-state index in [9.17, 15) is 4.79 Å². The molecule has 0 saturated carbocycles. The number of allylic oxidation sites excluding steroid dienone is 4. The first-order valence-corrected chi connectivity index (χ1v) is 5.41. The average Bonchev–Trinajstić information content (AvgIpc) is 2.29. The lowest BCUT2D eigenvalue weighted by Gasteiger charge is -1.98. The van der Waals surface area contributed by atoms with E-state index in [0.29, 0.717) is 0 Å². The maximum absolute atomic E-state index is 10.5. The van der Waals surface area contributed by atoms with Crippen LogP contribution >= 0.6 is 0 Å². The Bertz CT molecular complexity index is 461. The minimum atomic E-state index is -0.933. The predicted octanol–water partition coefficient (Wildman–Crippen LogP) is 3.68. The van der Waals surface area contributed by atoms with Gasteiger partial charge in [0, 0.05) is 6.08 Å². The number of carboxylic acids is 1. The van der Waals surface area contributed by atoms with Crippen LogP contribution < -0.4 is 0 Å². The van der Waals surface area contributed by atoms with E-state index < -0.39 is 5.97 Å². The van der Waals surface area contributed by atoms with E-state index >= 15 is 0 Å². The molecule has 0 spiro atoms. The molecule has 2 heteroatoms. The second-order valence-electron chi connectivity index (χ2n) is 3.87. The molecule has 0 saturated heterocycles. The summed E-state index contributed by atoms with van der Waals surface area (Å²) < 4.78 is 0. The van der Waals surface area contributed by atoms with Gasteiger partial charge >= 0.3 is 5.97 Å². The van der Waals surface area contributed by atoms with Crippen LogP contribution in [-0.2, 0) is 4.79 Å². The predicted molar refractivity (Wildman–Crippen MR) is 70.6 cm³/mol. The lowest BCUT2D eigenvalue weighted by molar-refractivity contribution is -0.131. The summed E-state index contributed by atoms with van der Waals surface area (Å²) in [7, 11) is 0.